The quantitative estimate of drug-likeness (QED) is 0.849. The number of aromatic nitrogens is 2. The Morgan fingerprint density at radius 1 is 1.19 bits per heavy atom. The highest BCUT2D eigenvalue weighted by molar-refractivity contribution is 5.79. The SMILES string of the molecule is COc1ccc(-c2cc(N3CCC[C@H](NC(=O)C4CCCC4)C3)n[nH]2)cc1. The Hall–Kier alpha value is -2.50. The van der Waals surface area contributed by atoms with Gasteiger partial charge in [-0.1, -0.05) is 12.8 Å². The fraction of sp³-hybridized carbons (Fsp3) is 0.524. The number of nitrogens with zero attached hydrogens (tertiary/aromatic N) is 2. The maximum absolute atomic E-state index is 12.4. The lowest BCUT2D eigenvalue weighted by molar-refractivity contribution is -0.125. The Balaban J connectivity index is 1.39. The second-order valence-electron chi connectivity index (χ2n) is 7.64. The van der Waals surface area contributed by atoms with Crippen molar-refractivity contribution in [1.82, 2.24) is 15.5 Å². The molecule has 1 saturated carbocycles. The number of hydrogen-bond acceptors (Lipinski definition) is 4. The summed E-state index contributed by atoms with van der Waals surface area (Å²) in [6, 6.07) is 10.3. The van der Waals surface area contributed by atoms with Crippen molar-refractivity contribution in [2.24, 2.45) is 5.92 Å². The first-order valence-corrected chi connectivity index (χ1v) is 9.98. The minimum atomic E-state index is 0.216. The number of hydrogen-bond donors (Lipinski definition) is 2. The van der Waals surface area contributed by atoms with Crippen molar-refractivity contribution in [3.63, 3.8) is 0 Å². The summed E-state index contributed by atoms with van der Waals surface area (Å²) >= 11 is 0. The number of rotatable bonds is 5. The van der Waals surface area contributed by atoms with Crippen LogP contribution in [0, 0.1) is 5.92 Å². The predicted octanol–water partition coefficient (Wildman–Crippen LogP) is 3.36. The number of benzene rings is 1. The lowest BCUT2D eigenvalue weighted by atomic mass is 10.0. The summed E-state index contributed by atoms with van der Waals surface area (Å²) in [7, 11) is 1.67. The molecule has 1 aromatic carbocycles. The molecule has 1 saturated heterocycles. The van der Waals surface area contributed by atoms with E-state index in [0.29, 0.717) is 0 Å². The smallest absolute Gasteiger partial charge is 0.223 e. The molecule has 6 nitrogen and oxygen atoms in total. The van der Waals surface area contributed by atoms with E-state index in [4.69, 9.17) is 4.74 Å². The lowest BCUT2D eigenvalue weighted by Crippen LogP contribution is -2.49. The van der Waals surface area contributed by atoms with Gasteiger partial charge in [0.05, 0.1) is 12.8 Å². The summed E-state index contributed by atoms with van der Waals surface area (Å²) in [5, 5.41) is 10.9. The largest absolute Gasteiger partial charge is 0.497 e. The molecule has 0 bridgehead atoms. The number of carbonyl (C=O) groups is 1. The molecule has 27 heavy (non-hydrogen) atoms. The zero-order valence-corrected chi connectivity index (χ0v) is 15.9. The summed E-state index contributed by atoms with van der Waals surface area (Å²) in [6.45, 7) is 1.80. The molecule has 2 aromatic rings. The number of nitrogens with one attached hydrogen (secondary N) is 2. The first kappa shape index (κ1) is 17.9. The Labute approximate surface area is 160 Å². The topological polar surface area (TPSA) is 70.2 Å². The molecule has 0 spiro atoms. The summed E-state index contributed by atoms with van der Waals surface area (Å²) in [5.41, 5.74) is 2.07. The minimum absolute atomic E-state index is 0.216. The van der Waals surface area contributed by atoms with E-state index in [-0.39, 0.29) is 17.9 Å². The molecule has 0 unspecified atom stereocenters. The van der Waals surface area contributed by atoms with Gasteiger partial charge in [-0.3, -0.25) is 9.89 Å². The highest BCUT2D eigenvalue weighted by Crippen LogP contribution is 2.27. The van der Waals surface area contributed by atoms with E-state index < -0.39 is 0 Å². The molecule has 6 heteroatoms. The second kappa shape index (κ2) is 8.03. The fourth-order valence-electron chi connectivity index (χ4n) is 4.20. The Kier molecular flexibility index (Phi) is 5.32. The van der Waals surface area contributed by atoms with E-state index in [9.17, 15) is 4.79 Å². The van der Waals surface area contributed by atoms with Crippen LogP contribution in [-0.4, -0.2) is 42.3 Å². The molecule has 1 amide bonds. The maximum atomic E-state index is 12.4. The van der Waals surface area contributed by atoms with Crippen molar-refractivity contribution in [2.45, 2.75) is 44.6 Å². The van der Waals surface area contributed by atoms with Gasteiger partial charge in [0, 0.05) is 31.1 Å². The van der Waals surface area contributed by atoms with E-state index in [0.717, 1.165) is 61.6 Å². The van der Waals surface area contributed by atoms with Crippen molar-refractivity contribution in [1.29, 1.82) is 0 Å². The van der Waals surface area contributed by atoms with Crippen LogP contribution in [-0.2, 0) is 4.79 Å². The number of amides is 1. The van der Waals surface area contributed by atoms with Crippen LogP contribution in [0.5, 0.6) is 5.75 Å². The van der Waals surface area contributed by atoms with E-state index in [1.54, 1.807) is 7.11 Å². The van der Waals surface area contributed by atoms with Crippen molar-refractivity contribution >= 4 is 11.7 Å². The third kappa shape index (κ3) is 4.10. The normalized spacial score (nSPS) is 20.6. The predicted molar refractivity (Wildman–Crippen MR) is 106 cm³/mol. The number of ether oxygens (including phenoxy) is 1. The average molecular weight is 368 g/mol. The molecule has 0 radical (unpaired) electrons. The van der Waals surface area contributed by atoms with Gasteiger partial charge in [0.2, 0.25) is 5.91 Å². The standard InChI is InChI=1S/C21H28N4O2/c1-27-18-10-8-15(9-11-18)19-13-20(24-23-19)25-12-4-7-17(14-25)22-21(26)16-5-2-3-6-16/h8-11,13,16-17H,2-7,12,14H2,1H3,(H,22,26)(H,23,24)/t17-/m0/s1. The van der Waals surface area contributed by atoms with Crippen LogP contribution in [0.4, 0.5) is 5.82 Å². The van der Waals surface area contributed by atoms with Gasteiger partial charge in [-0.05, 0) is 55.5 Å². The van der Waals surface area contributed by atoms with Crippen LogP contribution in [0.2, 0.25) is 0 Å². The average Bonchev–Trinajstić information content (AvgIpc) is 3.40. The van der Waals surface area contributed by atoms with Gasteiger partial charge in [0.1, 0.15) is 5.75 Å². The van der Waals surface area contributed by atoms with Crippen LogP contribution in [0.1, 0.15) is 38.5 Å². The summed E-state index contributed by atoms with van der Waals surface area (Å²) in [6.07, 6.45) is 6.59. The van der Waals surface area contributed by atoms with Crippen molar-refractivity contribution < 1.29 is 9.53 Å². The molecular weight excluding hydrogens is 340 g/mol. The molecule has 2 N–H and O–H groups in total. The highest BCUT2D eigenvalue weighted by Gasteiger charge is 2.27. The highest BCUT2D eigenvalue weighted by atomic mass is 16.5. The molecule has 4 rings (SSSR count). The first-order valence-electron chi connectivity index (χ1n) is 9.98. The summed E-state index contributed by atoms with van der Waals surface area (Å²) < 4.78 is 5.22. The molecule has 1 aromatic heterocycles. The molecular formula is C21H28N4O2. The number of piperidine rings is 1. The molecule has 1 aliphatic heterocycles. The summed E-state index contributed by atoms with van der Waals surface area (Å²) in [4.78, 5) is 14.7. The van der Waals surface area contributed by atoms with E-state index in [1.165, 1.54) is 12.8 Å². The van der Waals surface area contributed by atoms with E-state index in [2.05, 4.69) is 26.5 Å². The Morgan fingerprint density at radius 3 is 2.70 bits per heavy atom. The number of carbonyl (C=O) groups excluding carboxylic acids is 1. The number of H-pyrrole nitrogens is 1. The number of methoxy groups -OCH3 is 1. The van der Waals surface area contributed by atoms with Crippen LogP contribution < -0.4 is 15.0 Å². The van der Waals surface area contributed by atoms with Gasteiger partial charge in [0.15, 0.2) is 5.82 Å². The fourth-order valence-corrected chi connectivity index (χ4v) is 4.20. The maximum Gasteiger partial charge on any atom is 0.223 e. The lowest BCUT2D eigenvalue weighted by Gasteiger charge is -2.33. The minimum Gasteiger partial charge on any atom is -0.497 e. The van der Waals surface area contributed by atoms with Gasteiger partial charge in [-0.2, -0.15) is 5.10 Å². The van der Waals surface area contributed by atoms with E-state index in [1.807, 2.05) is 24.3 Å². The van der Waals surface area contributed by atoms with Crippen LogP contribution in [0.3, 0.4) is 0 Å². The van der Waals surface area contributed by atoms with Crippen LogP contribution in [0.15, 0.2) is 30.3 Å². The van der Waals surface area contributed by atoms with E-state index >= 15 is 0 Å². The van der Waals surface area contributed by atoms with Crippen LogP contribution >= 0.6 is 0 Å². The zero-order chi connectivity index (χ0) is 18.6. The van der Waals surface area contributed by atoms with Gasteiger partial charge in [-0.25, -0.2) is 0 Å². The third-order valence-electron chi connectivity index (χ3n) is 5.78. The third-order valence-corrected chi connectivity index (χ3v) is 5.78. The molecule has 2 aliphatic rings. The summed E-state index contributed by atoms with van der Waals surface area (Å²) in [5.74, 6) is 2.27. The number of aromatic amines is 1. The molecule has 1 atom stereocenters. The van der Waals surface area contributed by atoms with Gasteiger partial charge >= 0.3 is 0 Å². The van der Waals surface area contributed by atoms with Gasteiger partial charge < -0.3 is 15.0 Å². The van der Waals surface area contributed by atoms with Crippen molar-refractivity contribution in [3.8, 4) is 17.0 Å². The van der Waals surface area contributed by atoms with Gasteiger partial charge in [0.25, 0.3) is 0 Å². The zero-order valence-electron chi connectivity index (χ0n) is 15.9. The second-order valence-corrected chi connectivity index (χ2v) is 7.64. The molecule has 144 valence electrons. The number of anilines is 1. The Bertz CT molecular complexity index is 765. The van der Waals surface area contributed by atoms with Crippen molar-refractivity contribution in [3.05, 3.63) is 30.3 Å². The first-order chi connectivity index (χ1) is 13.2. The molecule has 2 heterocycles. The monoisotopic (exact) mass is 368 g/mol. The Morgan fingerprint density at radius 2 is 1.96 bits per heavy atom. The van der Waals surface area contributed by atoms with Crippen LogP contribution in [0.25, 0.3) is 11.3 Å². The molecule has 1 aliphatic carbocycles. The molecule has 2 fully saturated rings. The van der Waals surface area contributed by atoms with Crippen molar-refractivity contribution in [2.75, 3.05) is 25.1 Å². The van der Waals surface area contributed by atoms with Gasteiger partial charge in [-0.15, -0.1) is 0 Å².